The van der Waals surface area contributed by atoms with Gasteiger partial charge in [0, 0.05) is 0 Å². The van der Waals surface area contributed by atoms with E-state index in [4.69, 9.17) is 20.4 Å². The number of ketones is 1. The largest absolute Gasteiger partial charge is 0.394 e. The van der Waals surface area contributed by atoms with Crippen molar-refractivity contribution < 1.29 is 30.3 Å². The summed E-state index contributed by atoms with van der Waals surface area (Å²) < 4.78 is 0. The Balaban J connectivity index is 4.07. The molecule has 6 N–H and O–H groups in total. The minimum absolute atomic E-state index is 0.339. The van der Waals surface area contributed by atoms with Crippen molar-refractivity contribution in [2.75, 3.05) is 13.2 Å². The van der Waals surface area contributed by atoms with Crippen LogP contribution in [0.1, 0.15) is 6.92 Å². The Hall–Kier alpha value is -0.570. The fourth-order valence-electron chi connectivity index (χ4n) is 0.862. The summed E-state index contributed by atoms with van der Waals surface area (Å²) in [5.41, 5.74) is 0. The van der Waals surface area contributed by atoms with Crippen LogP contribution in [0.15, 0.2) is 0 Å². The van der Waals surface area contributed by atoms with Gasteiger partial charge in [0.1, 0.15) is 24.5 Å². The zero-order chi connectivity index (χ0) is 12.0. The molecule has 0 saturated carbocycles. The lowest BCUT2D eigenvalue weighted by atomic mass is 10.0. The number of hydrogen-bond acceptors (Lipinski definition) is 7. The van der Waals surface area contributed by atoms with Gasteiger partial charge in [-0.15, -0.1) is 0 Å². The number of Topliss-reactive ketones (excluding diaryl/α,β-unsaturated/α-hetero) is 1. The Morgan fingerprint density at radius 3 is 2.20 bits per heavy atom. The van der Waals surface area contributed by atoms with Gasteiger partial charge in [0.2, 0.25) is 0 Å². The highest BCUT2D eigenvalue weighted by molar-refractivity contribution is 5.85. The third-order valence-electron chi connectivity index (χ3n) is 1.81. The van der Waals surface area contributed by atoms with Crippen LogP contribution in [0.5, 0.6) is 0 Å². The maximum Gasteiger partial charge on any atom is 0.177 e. The molecule has 0 radical (unpaired) electrons. The highest BCUT2D eigenvalue weighted by atomic mass is 16.4. The Kier molecular flexibility index (Phi) is 6.57. The molecule has 0 saturated heterocycles. The lowest BCUT2D eigenvalue weighted by Crippen LogP contribution is -2.47. The lowest BCUT2D eigenvalue weighted by molar-refractivity contribution is -0.139. The summed E-state index contributed by atoms with van der Waals surface area (Å²) >= 11 is 0. The van der Waals surface area contributed by atoms with Crippen molar-refractivity contribution in [3.8, 4) is 0 Å². The van der Waals surface area contributed by atoms with Crippen molar-refractivity contribution in [1.82, 2.24) is 5.32 Å². The van der Waals surface area contributed by atoms with Gasteiger partial charge < -0.3 is 25.5 Å². The van der Waals surface area contributed by atoms with E-state index in [-0.39, 0.29) is 6.54 Å². The van der Waals surface area contributed by atoms with Gasteiger partial charge in [0.25, 0.3) is 0 Å². The van der Waals surface area contributed by atoms with Crippen LogP contribution in [0.2, 0.25) is 0 Å². The number of carbonyl (C=O) groups is 1. The Labute approximate surface area is 87.0 Å². The van der Waals surface area contributed by atoms with Crippen molar-refractivity contribution in [1.29, 1.82) is 0 Å². The second-order valence-electron chi connectivity index (χ2n) is 3.21. The molecule has 0 heterocycles. The molecular formula is C8H17NO6. The Morgan fingerprint density at radius 2 is 1.80 bits per heavy atom. The number of carbonyl (C=O) groups excluding carboxylic acids is 1. The van der Waals surface area contributed by atoms with Crippen molar-refractivity contribution in [3.63, 3.8) is 0 Å². The SMILES string of the molecule is CC(O)NCC(=O)[C@H](O)[C@@H](O)[C@H](O)CO. The smallest absolute Gasteiger partial charge is 0.177 e. The van der Waals surface area contributed by atoms with Crippen molar-refractivity contribution in [3.05, 3.63) is 0 Å². The van der Waals surface area contributed by atoms with Gasteiger partial charge in [-0.3, -0.25) is 10.1 Å². The quantitative estimate of drug-likeness (QED) is 0.247. The normalized spacial score (nSPS) is 19.3. The first-order chi connectivity index (χ1) is 6.90. The van der Waals surface area contributed by atoms with Crippen molar-refractivity contribution in [2.45, 2.75) is 31.5 Å². The van der Waals surface area contributed by atoms with E-state index >= 15 is 0 Å². The molecule has 7 nitrogen and oxygen atoms in total. The second kappa shape index (κ2) is 6.83. The molecule has 0 aromatic heterocycles. The molecular weight excluding hydrogens is 206 g/mol. The molecule has 4 atom stereocenters. The number of nitrogens with one attached hydrogen (secondary N) is 1. The standard InChI is InChI=1S/C8H17NO6/c1-4(11)9-2-5(12)7(14)8(15)6(13)3-10/h4,6-11,13-15H,2-3H2,1H3/t4?,6-,7+,8+/m1/s1. The van der Waals surface area contributed by atoms with E-state index in [1.54, 1.807) is 0 Å². The van der Waals surface area contributed by atoms with E-state index in [1.807, 2.05) is 0 Å². The van der Waals surface area contributed by atoms with Crippen LogP contribution < -0.4 is 5.32 Å². The van der Waals surface area contributed by atoms with Crippen molar-refractivity contribution >= 4 is 5.78 Å². The fourth-order valence-corrected chi connectivity index (χ4v) is 0.862. The molecule has 0 aliphatic heterocycles. The van der Waals surface area contributed by atoms with E-state index < -0.39 is 36.9 Å². The summed E-state index contributed by atoms with van der Waals surface area (Å²) in [6.45, 7) is 0.294. The number of aliphatic hydroxyl groups excluding tert-OH is 5. The van der Waals surface area contributed by atoms with Gasteiger partial charge in [-0.2, -0.15) is 0 Å². The molecule has 15 heavy (non-hydrogen) atoms. The van der Waals surface area contributed by atoms with Crippen LogP contribution in [0.3, 0.4) is 0 Å². The van der Waals surface area contributed by atoms with E-state index in [9.17, 15) is 9.90 Å². The summed E-state index contributed by atoms with van der Waals surface area (Å²) in [7, 11) is 0. The first-order valence-corrected chi connectivity index (χ1v) is 4.49. The van der Waals surface area contributed by atoms with E-state index in [0.29, 0.717) is 0 Å². The molecule has 0 aliphatic carbocycles. The molecule has 0 spiro atoms. The van der Waals surface area contributed by atoms with Gasteiger partial charge in [-0.1, -0.05) is 0 Å². The first-order valence-electron chi connectivity index (χ1n) is 4.49. The molecule has 0 amide bonds. The Morgan fingerprint density at radius 1 is 1.27 bits per heavy atom. The van der Waals surface area contributed by atoms with E-state index in [2.05, 4.69) is 5.32 Å². The predicted molar refractivity (Wildman–Crippen MR) is 49.8 cm³/mol. The molecule has 1 unspecified atom stereocenters. The Bertz CT molecular complexity index is 198. The summed E-state index contributed by atoms with van der Waals surface area (Å²) in [6.07, 6.45) is -6.02. The van der Waals surface area contributed by atoms with Crippen LogP contribution in [0, 0.1) is 0 Å². The monoisotopic (exact) mass is 223 g/mol. The average molecular weight is 223 g/mol. The fraction of sp³-hybridized carbons (Fsp3) is 0.875. The summed E-state index contributed by atoms with van der Waals surface area (Å²) in [5, 5.41) is 46.9. The number of hydrogen-bond donors (Lipinski definition) is 6. The highest BCUT2D eigenvalue weighted by Crippen LogP contribution is 2.00. The van der Waals surface area contributed by atoms with Gasteiger partial charge in [0.05, 0.1) is 13.2 Å². The zero-order valence-corrected chi connectivity index (χ0v) is 8.37. The van der Waals surface area contributed by atoms with Crippen LogP contribution in [0.4, 0.5) is 0 Å². The lowest BCUT2D eigenvalue weighted by Gasteiger charge is -2.20. The molecule has 90 valence electrons. The van der Waals surface area contributed by atoms with Crippen LogP contribution in [0.25, 0.3) is 0 Å². The predicted octanol–water partition coefficient (Wildman–Crippen LogP) is -3.44. The van der Waals surface area contributed by atoms with Gasteiger partial charge in [-0.05, 0) is 6.92 Å². The zero-order valence-electron chi connectivity index (χ0n) is 8.37. The van der Waals surface area contributed by atoms with Crippen molar-refractivity contribution in [2.24, 2.45) is 0 Å². The summed E-state index contributed by atoms with van der Waals surface area (Å²) in [4.78, 5) is 11.1. The van der Waals surface area contributed by atoms with E-state index in [1.165, 1.54) is 6.92 Å². The average Bonchev–Trinajstić information content (AvgIpc) is 2.22. The maximum atomic E-state index is 11.1. The van der Waals surface area contributed by atoms with Crippen LogP contribution in [-0.2, 0) is 4.79 Å². The molecule has 0 bridgehead atoms. The summed E-state index contributed by atoms with van der Waals surface area (Å²) in [6, 6.07) is 0. The topological polar surface area (TPSA) is 130 Å². The minimum atomic E-state index is -1.79. The van der Waals surface area contributed by atoms with Crippen LogP contribution >= 0.6 is 0 Å². The third-order valence-corrected chi connectivity index (χ3v) is 1.81. The third kappa shape index (κ3) is 5.17. The minimum Gasteiger partial charge on any atom is -0.394 e. The first kappa shape index (κ1) is 14.4. The highest BCUT2D eigenvalue weighted by Gasteiger charge is 2.29. The van der Waals surface area contributed by atoms with Gasteiger partial charge in [-0.25, -0.2) is 0 Å². The molecule has 7 heteroatoms. The summed E-state index contributed by atoms with van der Waals surface area (Å²) in [5.74, 6) is -0.782. The number of aliphatic hydroxyl groups is 5. The molecule has 0 aromatic rings. The molecule has 0 fully saturated rings. The second-order valence-corrected chi connectivity index (χ2v) is 3.21. The maximum absolute atomic E-state index is 11.1. The van der Waals surface area contributed by atoms with Crippen LogP contribution in [-0.4, -0.2) is 69.0 Å². The number of rotatable bonds is 7. The molecule has 0 aromatic carbocycles. The molecule has 0 aliphatic rings. The molecule has 0 rings (SSSR count). The van der Waals surface area contributed by atoms with Gasteiger partial charge >= 0.3 is 0 Å². The van der Waals surface area contributed by atoms with Gasteiger partial charge in [0.15, 0.2) is 5.78 Å². The van der Waals surface area contributed by atoms with E-state index in [0.717, 1.165) is 0 Å².